The average molecular weight is 530 g/mol. The second kappa shape index (κ2) is 10.4. The van der Waals surface area contributed by atoms with Crippen molar-refractivity contribution in [2.45, 2.75) is 64.3 Å². The summed E-state index contributed by atoms with van der Waals surface area (Å²) in [7, 11) is 0. The van der Waals surface area contributed by atoms with Gasteiger partial charge < -0.3 is 11.1 Å². The first-order valence-electron chi connectivity index (χ1n) is 12.3. The van der Waals surface area contributed by atoms with Gasteiger partial charge >= 0.3 is 0 Å². The fourth-order valence-corrected chi connectivity index (χ4v) is 6.69. The molecule has 184 valence electrons. The highest BCUT2D eigenvalue weighted by molar-refractivity contribution is 7.17. The number of rotatable bonds is 5. The number of nitrogen functional groups attached to an aromatic ring is 1. The zero-order valence-electron chi connectivity index (χ0n) is 19.8. The van der Waals surface area contributed by atoms with E-state index >= 15 is 0 Å². The minimum atomic E-state index is -0.106. The molecule has 1 aromatic carbocycles. The Morgan fingerprint density at radius 3 is 2.69 bits per heavy atom. The van der Waals surface area contributed by atoms with E-state index in [-0.39, 0.29) is 11.9 Å². The summed E-state index contributed by atoms with van der Waals surface area (Å²) < 4.78 is 2.58. The van der Waals surface area contributed by atoms with Crippen molar-refractivity contribution in [3.8, 4) is 5.69 Å². The molecule has 3 aromatic rings. The molecule has 2 aromatic heterocycles. The van der Waals surface area contributed by atoms with E-state index in [1.54, 1.807) is 6.07 Å². The number of hydrogen-bond acceptors (Lipinski definition) is 4. The third-order valence-corrected chi connectivity index (χ3v) is 8.68. The number of allylic oxidation sites excluding steroid dienone is 1. The van der Waals surface area contributed by atoms with Crippen LogP contribution in [0.15, 0.2) is 30.3 Å². The Hall–Kier alpha value is -2.28. The van der Waals surface area contributed by atoms with Crippen molar-refractivity contribution in [2.75, 3.05) is 5.73 Å². The van der Waals surface area contributed by atoms with Crippen molar-refractivity contribution < 1.29 is 4.79 Å². The van der Waals surface area contributed by atoms with Crippen LogP contribution in [0.25, 0.3) is 17.3 Å². The molecule has 2 heterocycles. The second-order valence-electron chi connectivity index (χ2n) is 9.62. The summed E-state index contributed by atoms with van der Waals surface area (Å²) in [4.78, 5) is 14.6. The van der Waals surface area contributed by atoms with Crippen molar-refractivity contribution in [1.29, 1.82) is 0 Å². The van der Waals surface area contributed by atoms with E-state index in [9.17, 15) is 4.79 Å². The summed E-state index contributed by atoms with van der Waals surface area (Å²) in [5, 5.41) is 8.64. The zero-order valence-corrected chi connectivity index (χ0v) is 22.1. The number of halogens is 2. The van der Waals surface area contributed by atoms with E-state index in [1.165, 1.54) is 43.4 Å². The first kappa shape index (κ1) is 24.4. The molecular weight excluding hydrogens is 499 g/mol. The quantitative estimate of drug-likeness (QED) is 0.338. The van der Waals surface area contributed by atoms with Crippen LogP contribution in [0.3, 0.4) is 0 Å². The Balaban J connectivity index is 1.57. The SMILES string of the molecule is C[C@H](NC(=O)c1nn(-c2ccc(N)cc2Cl)c2c1CCC/C2=C\c1ccc(Cl)s1)C1CCCCC1. The molecule has 2 aliphatic rings. The van der Waals surface area contributed by atoms with E-state index < -0.39 is 0 Å². The van der Waals surface area contributed by atoms with Gasteiger partial charge in [-0.15, -0.1) is 11.3 Å². The number of benzene rings is 1. The Bertz CT molecular complexity index is 1270. The minimum Gasteiger partial charge on any atom is -0.399 e. The maximum atomic E-state index is 13.5. The van der Waals surface area contributed by atoms with Gasteiger partial charge in [0.05, 0.1) is 20.7 Å². The van der Waals surface area contributed by atoms with Gasteiger partial charge in [0, 0.05) is 22.2 Å². The Kier molecular flexibility index (Phi) is 7.24. The van der Waals surface area contributed by atoms with Gasteiger partial charge in [0.2, 0.25) is 0 Å². The number of nitrogens with one attached hydrogen (secondary N) is 1. The largest absolute Gasteiger partial charge is 0.399 e. The Morgan fingerprint density at radius 2 is 1.97 bits per heavy atom. The standard InChI is InChI=1S/C27H30Cl2N4OS/c1-16(17-6-3-2-4-7-17)31-27(34)25-21-9-5-8-18(14-20-11-13-24(29)35-20)26(21)33(32-25)23-12-10-19(30)15-22(23)28/h10-17H,2-9,30H2,1H3,(H,31,34)/b18-14+/t16-/m0/s1. The second-order valence-corrected chi connectivity index (χ2v) is 11.8. The van der Waals surface area contributed by atoms with Crippen LogP contribution in [0.5, 0.6) is 0 Å². The lowest BCUT2D eigenvalue weighted by molar-refractivity contribution is 0.0912. The molecule has 0 bridgehead atoms. The normalized spacial score (nSPS) is 18.4. The summed E-state index contributed by atoms with van der Waals surface area (Å²) in [5.41, 5.74) is 10.8. The first-order chi connectivity index (χ1) is 16.9. The van der Waals surface area contributed by atoms with Crippen molar-refractivity contribution in [3.05, 3.63) is 61.5 Å². The summed E-state index contributed by atoms with van der Waals surface area (Å²) in [6.45, 7) is 2.13. The minimum absolute atomic E-state index is 0.106. The molecule has 8 heteroatoms. The van der Waals surface area contributed by atoms with Crippen LogP contribution >= 0.6 is 34.5 Å². The zero-order chi connectivity index (χ0) is 24.5. The van der Waals surface area contributed by atoms with Gasteiger partial charge in [-0.3, -0.25) is 4.79 Å². The average Bonchev–Trinajstić information content (AvgIpc) is 3.43. The highest BCUT2D eigenvalue weighted by Crippen LogP contribution is 2.38. The first-order valence-corrected chi connectivity index (χ1v) is 13.9. The number of amides is 1. The van der Waals surface area contributed by atoms with Crippen LogP contribution in [-0.2, 0) is 6.42 Å². The van der Waals surface area contributed by atoms with Crippen molar-refractivity contribution in [1.82, 2.24) is 15.1 Å². The number of aromatic nitrogens is 2. The van der Waals surface area contributed by atoms with E-state index in [0.717, 1.165) is 45.3 Å². The predicted octanol–water partition coefficient (Wildman–Crippen LogP) is 7.40. The summed E-state index contributed by atoms with van der Waals surface area (Å²) in [6.07, 6.45) is 10.9. The lowest BCUT2D eigenvalue weighted by Crippen LogP contribution is -2.39. The lowest BCUT2D eigenvalue weighted by atomic mass is 9.84. The summed E-state index contributed by atoms with van der Waals surface area (Å²) in [5.74, 6) is 0.418. The predicted molar refractivity (Wildman–Crippen MR) is 147 cm³/mol. The summed E-state index contributed by atoms with van der Waals surface area (Å²) in [6, 6.07) is 9.45. The van der Waals surface area contributed by atoms with E-state index in [2.05, 4.69) is 18.3 Å². The van der Waals surface area contributed by atoms with Gasteiger partial charge in [0.25, 0.3) is 5.91 Å². The smallest absolute Gasteiger partial charge is 0.272 e. The van der Waals surface area contributed by atoms with Crippen LogP contribution in [0.1, 0.15) is 78.5 Å². The topological polar surface area (TPSA) is 72.9 Å². The van der Waals surface area contributed by atoms with Crippen LogP contribution in [-0.4, -0.2) is 21.7 Å². The highest BCUT2D eigenvalue weighted by atomic mass is 35.5. The maximum absolute atomic E-state index is 13.5. The number of hydrogen-bond donors (Lipinski definition) is 2. The number of thiophene rings is 1. The molecule has 2 aliphatic carbocycles. The Morgan fingerprint density at radius 1 is 1.17 bits per heavy atom. The number of anilines is 1. The maximum Gasteiger partial charge on any atom is 0.272 e. The summed E-state index contributed by atoms with van der Waals surface area (Å²) >= 11 is 14.3. The number of carbonyl (C=O) groups excluding carboxylic acids is 1. The number of nitrogens with zero attached hydrogens (tertiary/aromatic N) is 2. The van der Waals surface area contributed by atoms with Crippen LogP contribution < -0.4 is 11.1 Å². The molecule has 0 unspecified atom stereocenters. The number of carbonyl (C=O) groups is 1. The third-order valence-electron chi connectivity index (χ3n) is 7.20. The molecule has 1 amide bonds. The fraction of sp³-hybridized carbons (Fsp3) is 0.407. The molecule has 5 nitrogen and oxygen atoms in total. The van der Waals surface area contributed by atoms with Crippen LogP contribution in [0.4, 0.5) is 5.69 Å². The van der Waals surface area contributed by atoms with Crippen molar-refractivity contribution >= 4 is 57.8 Å². The van der Waals surface area contributed by atoms with E-state index in [0.29, 0.717) is 28.0 Å². The fourth-order valence-electron chi connectivity index (χ4n) is 5.39. The van der Waals surface area contributed by atoms with E-state index in [1.807, 2.05) is 28.9 Å². The van der Waals surface area contributed by atoms with Crippen molar-refractivity contribution in [2.24, 2.45) is 5.92 Å². The monoisotopic (exact) mass is 528 g/mol. The van der Waals surface area contributed by atoms with Gasteiger partial charge in [-0.05, 0) is 86.9 Å². The highest BCUT2D eigenvalue weighted by Gasteiger charge is 2.31. The van der Waals surface area contributed by atoms with Gasteiger partial charge in [-0.1, -0.05) is 42.5 Å². The molecule has 5 rings (SSSR count). The molecule has 0 radical (unpaired) electrons. The molecular formula is C27H30Cl2N4OS. The van der Waals surface area contributed by atoms with Crippen LogP contribution in [0, 0.1) is 5.92 Å². The third kappa shape index (κ3) is 5.16. The molecule has 0 spiro atoms. The van der Waals surface area contributed by atoms with Crippen LogP contribution in [0.2, 0.25) is 9.36 Å². The molecule has 0 saturated heterocycles. The number of nitrogens with two attached hydrogens (primary N) is 1. The molecule has 0 aliphatic heterocycles. The van der Waals surface area contributed by atoms with Gasteiger partial charge in [0.15, 0.2) is 5.69 Å². The molecule has 1 fully saturated rings. The van der Waals surface area contributed by atoms with E-state index in [4.69, 9.17) is 34.0 Å². The molecule has 1 atom stereocenters. The number of fused-ring (bicyclic) bond motifs is 1. The Labute approximate surface area is 220 Å². The molecule has 3 N–H and O–H groups in total. The molecule has 35 heavy (non-hydrogen) atoms. The van der Waals surface area contributed by atoms with Gasteiger partial charge in [0.1, 0.15) is 0 Å². The van der Waals surface area contributed by atoms with Crippen molar-refractivity contribution in [3.63, 3.8) is 0 Å². The molecule has 1 saturated carbocycles. The van der Waals surface area contributed by atoms with Gasteiger partial charge in [-0.25, -0.2) is 4.68 Å². The van der Waals surface area contributed by atoms with Gasteiger partial charge in [-0.2, -0.15) is 5.10 Å². The lowest BCUT2D eigenvalue weighted by Gasteiger charge is -2.28.